The van der Waals surface area contributed by atoms with Gasteiger partial charge in [0.2, 0.25) is 0 Å². The summed E-state index contributed by atoms with van der Waals surface area (Å²) in [4.78, 5) is 11.4. The number of fused-ring (bicyclic) bond motifs is 2. The van der Waals surface area contributed by atoms with Gasteiger partial charge in [-0.25, -0.2) is 4.79 Å². The third-order valence-electron chi connectivity index (χ3n) is 3.82. The first kappa shape index (κ1) is 14.1. The molecule has 0 radical (unpaired) electrons. The van der Waals surface area contributed by atoms with E-state index in [0.717, 1.165) is 16.2 Å². The molecule has 0 saturated heterocycles. The van der Waals surface area contributed by atoms with Crippen LogP contribution in [-0.4, -0.2) is 26.9 Å². The molecule has 0 unspecified atom stereocenters. The van der Waals surface area contributed by atoms with Crippen LogP contribution in [-0.2, 0) is 4.79 Å². The molecule has 1 heterocycles. The summed E-state index contributed by atoms with van der Waals surface area (Å²) >= 11 is 0. The van der Waals surface area contributed by atoms with Crippen molar-refractivity contribution in [1.29, 1.82) is 5.26 Å². The van der Waals surface area contributed by atoms with Crippen molar-refractivity contribution >= 4 is 27.5 Å². The molecule has 0 aliphatic heterocycles. The Morgan fingerprint density at radius 2 is 1.86 bits per heavy atom. The molecule has 0 spiro atoms. The summed E-state index contributed by atoms with van der Waals surface area (Å²) in [7, 11) is 0. The molecule has 0 fully saturated rings. The Balaban J connectivity index is 2.34. The number of rotatable bonds is 3. The van der Waals surface area contributed by atoms with Crippen molar-refractivity contribution < 1.29 is 15.0 Å². The van der Waals surface area contributed by atoms with Gasteiger partial charge in [-0.2, -0.15) is 5.26 Å². The van der Waals surface area contributed by atoms with Crippen molar-refractivity contribution in [2.75, 3.05) is 0 Å². The second kappa shape index (κ2) is 5.17. The minimum Gasteiger partial charge on any atom is -0.480 e. The van der Waals surface area contributed by atoms with E-state index in [1.807, 2.05) is 36.4 Å². The molecule has 0 amide bonds. The van der Waals surface area contributed by atoms with Crippen molar-refractivity contribution in [3.05, 3.63) is 48.3 Å². The van der Waals surface area contributed by atoms with E-state index in [1.165, 1.54) is 11.5 Å². The van der Waals surface area contributed by atoms with E-state index in [2.05, 4.69) is 6.07 Å². The van der Waals surface area contributed by atoms with Crippen molar-refractivity contribution in [1.82, 2.24) is 4.57 Å². The lowest BCUT2D eigenvalue weighted by Gasteiger charge is -2.18. The van der Waals surface area contributed by atoms with Crippen LogP contribution >= 0.6 is 0 Å². The van der Waals surface area contributed by atoms with E-state index >= 15 is 0 Å². The Bertz CT molecular complexity index is 919. The number of carboxylic acids is 1. The van der Waals surface area contributed by atoms with Gasteiger partial charge in [0.25, 0.3) is 0 Å². The molecule has 2 aromatic carbocycles. The Hall–Kier alpha value is -2.84. The monoisotopic (exact) mass is 294 g/mol. The van der Waals surface area contributed by atoms with Crippen LogP contribution in [0.1, 0.15) is 18.7 Å². The molecule has 0 bridgehead atoms. The highest BCUT2D eigenvalue weighted by Gasteiger charge is 2.28. The van der Waals surface area contributed by atoms with Crippen LogP contribution < -0.4 is 0 Å². The third kappa shape index (κ3) is 2.10. The molecule has 2 atom stereocenters. The molecule has 5 heteroatoms. The SMILES string of the molecule is C[C@@H](O)[C@@H](C(=O)O)n1cc2cc3ccccc3cc2c1C#N. The third-order valence-corrected chi connectivity index (χ3v) is 3.82. The van der Waals surface area contributed by atoms with Crippen LogP contribution in [0.5, 0.6) is 0 Å². The molecule has 0 aliphatic carbocycles. The van der Waals surface area contributed by atoms with Crippen LogP contribution in [0.25, 0.3) is 21.5 Å². The number of hydrogen-bond acceptors (Lipinski definition) is 3. The Labute approximate surface area is 126 Å². The maximum Gasteiger partial charge on any atom is 0.329 e. The number of aromatic nitrogens is 1. The summed E-state index contributed by atoms with van der Waals surface area (Å²) in [6.07, 6.45) is 0.507. The van der Waals surface area contributed by atoms with Gasteiger partial charge in [0.05, 0.1) is 6.10 Å². The second-order valence-corrected chi connectivity index (χ2v) is 5.31. The zero-order valence-corrected chi connectivity index (χ0v) is 11.9. The highest BCUT2D eigenvalue weighted by atomic mass is 16.4. The highest BCUT2D eigenvalue weighted by molar-refractivity contribution is 6.00. The first-order chi connectivity index (χ1) is 10.5. The van der Waals surface area contributed by atoms with E-state index in [9.17, 15) is 20.3 Å². The molecule has 0 aliphatic rings. The van der Waals surface area contributed by atoms with Gasteiger partial charge in [-0.3, -0.25) is 0 Å². The fourth-order valence-electron chi connectivity index (χ4n) is 2.82. The molecular formula is C17H14N2O3. The van der Waals surface area contributed by atoms with E-state index in [1.54, 1.807) is 6.20 Å². The predicted octanol–water partition coefficient (Wildman–Crippen LogP) is 2.67. The van der Waals surface area contributed by atoms with E-state index in [-0.39, 0.29) is 5.69 Å². The van der Waals surface area contributed by atoms with Crippen LogP contribution in [0.2, 0.25) is 0 Å². The number of carbonyl (C=O) groups is 1. The van der Waals surface area contributed by atoms with Gasteiger partial charge in [0.15, 0.2) is 6.04 Å². The number of aliphatic carboxylic acids is 1. The zero-order chi connectivity index (χ0) is 15.9. The Kier molecular flexibility index (Phi) is 3.32. The number of hydrogen-bond donors (Lipinski definition) is 2. The fourth-order valence-corrected chi connectivity index (χ4v) is 2.82. The van der Waals surface area contributed by atoms with Gasteiger partial charge in [0.1, 0.15) is 11.8 Å². The highest BCUT2D eigenvalue weighted by Crippen LogP contribution is 2.29. The molecule has 1 aromatic heterocycles. The van der Waals surface area contributed by atoms with Crippen LogP contribution in [0.15, 0.2) is 42.6 Å². The average molecular weight is 294 g/mol. The van der Waals surface area contributed by atoms with Crippen LogP contribution in [0.3, 0.4) is 0 Å². The summed E-state index contributed by atoms with van der Waals surface area (Å²) in [5.74, 6) is -1.17. The standard InChI is InChI=1S/C17H14N2O3/c1-10(20)16(17(21)22)19-9-13-6-11-4-2-3-5-12(11)7-14(13)15(19)8-18/h2-7,9-10,16,20H,1H3,(H,21,22)/t10-,16+/m1/s1. The normalized spacial score (nSPS) is 13.9. The minimum atomic E-state index is -1.19. The molecule has 0 saturated carbocycles. The smallest absolute Gasteiger partial charge is 0.329 e. The lowest BCUT2D eigenvalue weighted by molar-refractivity contribution is -0.144. The van der Waals surface area contributed by atoms with Gasteiger partial charge in [0, 0.05) is 17.0 Å². The summed E-state index contributed by atoms with van der Waals surface area (Å²) in [6.45, 7) is 1.40. The number of nitriles is 1. The van der Waals surface area contributed by atoms with E-state index in [0.29, 0.717) is 5.39 Å². The number of carboxylic acid groups (broad SMARTS) is 1. The largest absolute Gasteiger partial charge is 0.480 e. The zero-order valence-electron chi connectivity index (χ0n) is 11.9. The van der Waals surface area contributed by atoms with Crippen LogP contribution in [0.4, 0.5) is 0 Å². The molecular weight excluding hydrogens is 280 g/mol. The summed E-state index contributed by atoms with van der Waals surface area (Å²) in [5.41, 5.74) is 0.244. The van der Waals surface area contributed by atoms with Crippen LogP contribution in [0, 0.1) is 11.3 Å². The lowest BCUT2D eigenvalue weighted by atomic mass is 10.1. The number of benzene rings is 2. The van der Waals surface area contributed by atoms with Gasteiger partial charge in [-0.1, -0.05) is 24.3 Å². The summed E-state index contributed by atoms with van der Waals surface area (Å²) in [5, 5.41) is 32.0. The Morgan fingerprint density at radius 1 is 1.23 bits per heavy atom. The van der Waals surface area contributed by atoms with E-state index < -0.39 is 18.1 Å². The van der Waals surface area contributed by atoms with Gasteiger partial charge in [-0.15, -0.1) is 0 Å². The van der Waals surface area contributed by atoms with Gasteiger partial charge >= 0.3 is 5.97 Å². The molecule has 22 heavy (non-hydrogen) atoms. The molecule has 2 N–H and O–H groups in total. The predicted molar refractivity (Wildman–Crippen MR) is 82.5 cm³/mol. The first-order valence-electron chi connectivity index (χ1n) is 6.87. The Morgan fingerprint density at radius 3 is 2.41 bits per heavy atom. The minimum absolute atomic E-state index is 0.244. The second-order valence-electron chi connectivity index (χ2n) is 5.31. The topological polar surface area (TPSA) is 86.2 Å². The van der Waals surface area contributed by atoms with Crippen molar-refractivity contribution in [2.45, 2.75) is 19.1 Å². The summed E-state index contributed by atoms with van der Waals surface area (Å²) < 4.78 is 1.34. The van der Waals surface area contributed by atoms with Crippen molar-refractivity contribution in [3.8, 4) is 6.07 Å². The van der Waals surface area contributed by atoms with Crippen molar-refractivity contribution in [2.24, 2.45) is 0 Å². The van der Waals surface area contributed by atoms with Gasteiger partial charge < -0.3 is 14.8 Å². The molecule has 3 rings (SSSR count). The van der Waals surface area contributed by atoms with Crippen molar-refractivity contribution in [3.63, 3.8) is 0 Å². The molecule has 3 aromatic rings. The molecule has 5 nitrogen and oxygen atoms in total. The van der Waals surface area contributed by atoms with Gasteiger partial charge in [-0.05, 0) is 29.8 Å². The van der Waals surface area contributed by atoms with E-state index in [4.69, 9.17) is 0 Å². The molecule has 110 valence electrons. The fraction of sp³-hybridized carbons (Fsp3) is 0.176. The summed E-state index contributed by atoms with van der Waals surface area (Å²) in [6, 6.07) is 12.4. The average Bonchev–Trinajstić information content (AvgIpc) is 2.80. The quantitative estimate of drug-likeness (QED) is 0.777. The first-order valence-corrected chi connectivity index (χ1v) is 6.87. The number of aliphatic hydroxyl groups excluding tert-OH is 1. The lowest BCUT2D eigenvalue weighted by Crippen LogP contribution is -2.29. The maximum atomic E-state index is 11.4. The number of aliphatic hydroxyl groups is 1. The number of nitrogens with zero attached hydrogens (tertiary/aromatic N) is 2. The maximum absolute atomic E-state index is 11.4.